The highest BCUT2D eigenvalue weighted by Gasteiger charge is 2.26. The first-order valence-corrected chi connectivity index (χ1v) is 7.84. The molecule has 0 bridgehead atoms. The minimum atomic E-state index is 0.663. The van der Waals surface area contributed by atoms with E-state index in [1.807, 2.05) is 0 Å². The molecule has 1 heteroatoms. The Balaban J connectivity index is 2.67. The van der Waals surface area contributed by atoms with Crippen molar-refractivity contribution in [2.45, 2.75) is 65.7 Å². The van der Waals surface area contributed by atoms with Gasteiger partial charge >= 0.3 is 0 Å². The molecular weight excluding hydrogens is 218 g/mol. The maximum Gasteiger partial charge on any atom is 0.0411 e. The Kier molecular flexibility index (Phi) is 7.31. The summed E-state index contributed by atoms with van der Waals surface area (Å²) in [6.07, 6.45) is 11.4. The molecule has 0 aromatic carbocycles. The molecule has 1 aliphatic carbocycles. The highest BCUT2D eigenvalue weighted by atomic mass is 14.8. The van der Waals surface area contributed by atoms with Gasteiger partial charge in [0.05, 0.1) is 0 Å². The summed E-state index contributed by atoms with van der Waals surface area (Å²) in [7, 11) is 0. The topological polar surface area (TPSA) is 12.4 Å². The third-order valence-electron chi connectivity index (χ3n) is 4.00. The van der Waals surface area contributed by atoms with E-state index in [9.17, 15) is 0 Å². The molecular formula is C17H31N. The minimum Gasteiger partial charge on any atom is -0.294 e. The van der Waals surface area contributed by atoms with Gasteiger partial charge in [-0.2, -0.15) is 0 Å². The van der Waals surface area contributed by atoms with Crippen molar-refractivity contribution < 1.29 is 0 Å². The molecule has 1 nitrogen and oxygen atoms in total. The Hall–Kier alpha value is -0.590. The summed E-state index contributed by atoms with van der Waals surface area (Å²) in [6.45, 7) is 11.8. The van der Waals surface area contributed by atoms with Crippen molar-refractivity contribution >= 4 is 5.71 Å². The Morgan fingerprint density at radius 2 is 2.17 bits per heavy atom. The molecule has 18 heavy (non-hydrogen) atoms. The fraction of sp³-hybridized carbons (Fsp3) is 0.824. The lowest BCUT2D eigenvalue weighted by Crippen LogP contribution is -2.27. The number of hydrogen-bond acceptors (Lipinski definition) is 1. The molecule has 0 amide bonds. The number of unbranched alkanes of at least 4 members (excludes halogenated alkanes) is 1. The smallest absolute Gasteiger partial charge is 0.0411 e. The fourth-order valence-electron chi connectivity index (χ4n) is 2.90. The van der Waals surface area contributed by atoms with E-state index in [0.717, 1.165) is 6.54 Å². The Labute approximate surface area is 114 Å². The SMILES string of the molecule is C=CC(CCCC)C1CCCCC1=NCC(C)C. The molecule has 0 aromatic heterocycles. The van der Waals surface area contributed by atoms with Gasteiger partial charge in [-0.1, -0.05) is 46.1 Å². The molecule has 1 aliphatic rings. The van der Waals surface area contributed by atoms with Crippen LogP contribution in [-0.2, 0) is 0 Å². The van der Waals surface area contributed by atoms with E-state index >= 15 is 0 Å². The number of nitrogens with zero attached hydrogens (tertiary/aromatic N) is 1. The molecule has 0 aromatic rings. The summed E-state index contributed by atoms with van der Waals surface area (Å²) < 4.78 is 0. The second-order valence-electron chi connectivity index (χ2n) is 6.12. The zero-order valence-corrected chi connectivity index (χ0v) is 12.6. The molecule has 0 aliphatic heterocycles. The van der Waals surface area contributed by atoms with Crippen LogP contribution in [0.25, 0.3) is 0 Å². The first-order valence-electron chi connectivity index (χ1n) is 7.84. The number of rotatable bonds is 7. The molecule has 1 fully saturated rings. The van der Waals surface area contributed by atoms with Crippen LogP contribution in [-0.4, -0.2) is 12.3 Å². The van der Waals surface area contributed by atoms with E-state index in [-0.39, 0.29) is 0 Å². The van der Waals surface area contributed by atoms with E-state index in [0.29, 0.717) is 17.8 Å². The summed E-state index contributed by atoms with van der Waals surface area (Å²) in [5.41, 5.74) is 1.50. The van der Waals surface area contributed by atoms with Gasteiger partial charge in [0.25, 0.3) is 0 Å². The Morgan fingerprint density at radius 3 is 2.78 bits per heavy atom. The van der Waals surface area contributed by atoms with Crippen LogP contribution < -0.4 is 0 Å². The van der Waals surface area contributed by atoms with Crippen LogP contribution >= 0.6 is 0 Å². The Bertz CT molecular complexity index is 265. The second kappa shape index (κ2) is 8.50. The van der Waals surface area contributed by atoms with Gasteiger partial charge < -0.3 is 0 Å². The predicted octanol–water partition coefficient (Wildman–Crippen LogP) is 5.27. The Morgan fingerprint density at radius 1 is 1.39 bits per heavy atom. The fourth-order valence-corrected chi connectivity index (χ4v) is 2.90. The van der Waals surface area contributed by atoms with Gasteiger partial charge in [0.15, 0.2) is 0 Å². The standard InChI is InChI=1S/C17H31N/c1-5-7-10-15(6-2)16-11-8-9-12-17(16)18-13-14(3)4/h6,14-16H,2,5,7-13H2,1,3-4H3. The first kappa shape index (κ1) is 15.5. The lowest BCUT2D eigenvalue weighted by Gasteiger charge is -2.30. The maximum absolute atomic E-state index is 4.91. The third-order valence-corrected chi connectivity index (χ3v) is 4.00. The van der Waals surface area contributed by atoms with E-state index < -0.39 is 0 Å². The average molecular weight is 249 g/mol. The first-order chi connectivity index (χ1) is 8.69. The van der Waals surface area contributed by atoms with Crippen molar-refractivity contribution in [2.75, 3.05) is 6.54 Å². The van der Waals surface area contributed by atoms with Gasteiger partial charge in [-0.05, 0) is 37.5 Å². The van der Waals surface area contributed by atoms with Crippen LogP contribution in [0, 0.1) is 17.8 Å². The largest absolute Gasteiger partial charge is 0.294 e. The highest BCUT2D eigenvalue weighted by molar-refractivity contribution is 5.87. The van der Waals surface area contributed by atoms with Crippen molar-refractivity contribution in [2.24, 2.45) is 22.7 Å². The van der Waals surface area contributed by atoms with Crippen LogP contribution in [0.1, 0.15) is 65.7 Å². The highest BCUT2D eigenvalue weighted by Crippen LogP contribution is 2.32. The van der Waals surface area contributed by atoms with Gasteiger partial charge in [0, 0.05) is 18.2 Å². The van der Waals surface area contributed by atoms with E-state index in [1.165, 1.54) is 50.7 Å². The van der Waals surface area contributed by atoms with Gasteiger partial charge in [0.2, 0.25) is 0 Å². The summed E-state index contributed by atoms with van der Waals surface area (Å²) >= 11 is 0. The lowest BCUT2D eigenvalue weighted by atomic mass is 9.76. The maximum atomic E-state index is 4.91. The van der Waals surface area contributed by atoms with E-state index in [2.05, 4.69) is 33.4 Å². The molecule has 0 radical (unpaired) electrons. The second-order valence-corrected chi connectivity index (χ2v) is 6.12. The molecule has 1 saturated carbocycles. The summed E-state index contributed by atoms with van der Waals surface area (Å²) in [5.74, 6) is 2.04. The lowest BCUT2D eigenvalue weighted by molar-refractivity contribution is 0.393. The normalized spacial score (nSPS) is 24.4. The summed E-state index contributed by atoms with van der Waals surface area (Å²) in [5, 5.41) is 0. The van der Waals surface area contributed by atoms with Crippen LogP contribution in [0.5, 0.6) is 0 Å². The van der Waals surface area contributed by atoms with Crippen molar-refractivity contribution in [3.63, 3.8) is 0 Å². The zero-order chi connectivity index (χ0) is 13.4. The molecule has 0 saturated heterocycles. The van der Waals surface area contributed by atoms with Crippen LogP contribution in [0.4, 0.5) is 0 Å². The van der Waals surface area contributed by atoms with Crippen molar-refractivity contribution in [3.8, 4) is 0 Å². The van der Waals surface area contributed by atoms with Gasteiger partial charge in [-0.15, -0.1) is 6.58 Å². The van der Waals surface area contributed by atoms with Crippen LogP contribution in [0.15, 0.2) is 17.6 Å². The minimum absolute atomic E-state index is 0.663. The van der Waals surface area contributed by atoms with Gasteiger partial charge in [-0.3, -0.25) is 4.99 Å². The van der Waals surface area contributed by atoms with Crippen molar-refractivity contribution in [1.82, 2.24) is 0 Å². The van der Waals surface area contributed by atoms with Gasteiger partial charge in [-0.25, -0.2) is 0 Å². The molecule has 2 unspecified atom stereocenters. The zero-order valence-electron chi connectivity index (χ0n) is 12.6. The molecule has 0 spiro atoms. The summed E-state index contributed by atoms with van der Waals surface area (Å²) in [4.78, 5) is 4.91. The van der Waals surface area contributed by atoms with Gasteiger partial charge in [0.1, 0.15) is 0 Å². The molecule has 104 valence electrons. The monoisotopic (exact) mass is 249 g/mol. The van der Waals surface area contributed by atoms with E-state index in [1.54, 1.807) is 0 Å². The average Bonchev–Trinajstić information content (AvgIpc) is 2.38. The molecule has 0 N–H and O–H groups in total. The van der Waals surface area contributed by atoms with E-state index in [4.69, 9.17) is 4.99 Å². The molecule has 0 heterocycles. The number of aliphatic imine (C=N–C) groups is 1. The van der Waals surface area contributed by atoms with Crippen molar-refractivity contribution in [3.05, 3.63) is 12.7 Å². The third kappa shape index (κ3) is 4.96. The molecule has 1 rings (SSSR count). The molecule has 2 atom stereocenters. The summed E-state index contributed by atoms with van der Waals surface area (Å²) in [6, 6.07) is 0. The quantitative estimate of drug-likeness (QED) is 0.545. The van der Waals surface area contributed by atoms with Crippen LogP contribution in [0.3, 0.4) is 0 Å². The number of allylic oxidation sites excluding steroid dienone is 1. The van der Waals surface area contributed by atoms with Crippen LogP contribution in [0.2, 0.25) is 0 Å². The van der Waals surface area contributed by atoms with Crippen molar-refractivity contribution in [1.29, 1.82) is 0 Å². The number of hydrogen-bond donors (Lipinski definition) is 0. The predicted molar refractivity (Wildman–Crippen MR) is 82.3 cm³/mol.